The molecule has 3 atom stereocenters. The van der Waals surface area contributed by atoms with Crippen LogP contribution in [0.1, 0.15) is 56.6 Å². The zero-order chi connectivity index (χ0) is 31.6. The van der Waals surface area contributed by atoms with Crippen LogP contribution in [0.4, 0.5) is 10.3 Å². The molecule has 4 aromatic rings. The number of aliphatic hydroxyl groups is 1. The molecule has 2 aromatic heterocycles. The van der Waals surface area contributed by atoms with Crippen molar-refractivity contribution < 1.29 is 19.3 Å². The molecule has 10 nitrogen and oxygen atoms in total. The molecule has 3 N–H and O–H groups in total. The predicted octanol–water partition coefficient (Wildman–Crippen LogP) is 3.80. The van der Waals surface area contributed by atoms with Crippen molar-refractivity contribution in [1.29, 1.82) is 0 Å². The molecule has 3 saturated heterocycles. The largest absolute Gasteiger partial charge is 0.508 e. The van der Waals surface area contributed by atoms with Gasteiger partial charge in [-0.3, -0.25) is 4.90 Å². The average Bonchev–Trinajstić information content (AvgIpc) is 3.53. The smallest absolute Gasteiger partial charge is 0.247 e. The van der Waals surface area contributed by atoms with Gasteiger partial charge in [0.1, 0.15) is 11.6 Å². The van der Waals surface area contributed by atoms with Gasteiger partial charge in [0.2, 0.25) is 11.8 Å². The summed E-state index contributed by atoms with van der Waals surface area (Å²) in [5.41, 5.74) is 1.38. The Hall–Kier alpha value is -3.98. The molecule has 240 valence electrons. The van der Waals surface area contributed by atoms with Crippen molar-refractivity contribution in [2.75, 3.05) is 44.2 Å². The molecule has 1 saturated carbocycles. The van der Waals surface area contributed by atoms with Gasteiger partial charge in [-0.05, 0) is 81.1 Å². The molecule has 0 spiro atoms. The van der Waals surface area contributed by atoms with Gasteiger partial charge in [-0.25, -0.2) is 9.37 Å². The second-order valence-electron chi connectivity index (χ2n) is 14.3. The number of piperidine rings is 1. The summed E-state index contributed by atoms with van der Waals surface area (Å²) in [6, 6.07) is 6.98. The zero-order valence-corrected chi connectivity index (χ0v) is 26.2. The number of phenolic OH excluding ortho intramolecular Hbond substituents is 1. The van der Waals surface area contributed by atoms with Gasteiger partial charge in [0.25, 0.3) is 0 Å². The maximum atomic E-state index is 14.8. The number of β-amino-alcohol motifs (C(OH)–C–C–N with tert-alkyl or cyclic N) is 1. The Morgan fingerprint density at radius 2 is 1.96 bits per heavy atom. The number of aromatic hydroxyl groups is 1. The van der Waals surface area contributed by atoms with E-state index in [0.29, 0.717) is 64.6 Å². The molecule has 46 heavy (non-hydrogen) atoms. The minimum absolute atomic E-state index is 0.0255. The fraction of sp³-hybridized carbons (Fsp3) is 0.514. The molecule has 11 heteroatoms. The topological polar surface area (TPSA) is 112 Å². The van der Waals surface area contributed by atoms with E-state index in [-0.39, 0.29) is 23.3 Å². The number of halogens is 1. The van der Waals surface area contributed by atoms with Crippen molar-refractivity contribution in [1.82, 2.24) is 29.7 Å². The number of terminal acetylenes is 1. The number of ether oxygens (including phenoxy) is 1. The van der Waals surface area contributed by atoms with Crippen LogP contribution in [0.5, 0.6) is 11.6 Å². The van der Waals surface area contributed by atoms with E-state index in [0.717, 1.165) is 64.7 Å². The zero-order valence-electron chi connectivity index (χ0n) is 26.2. The minimum Gasteiger partial charge on any atom is -0.508 e. The number of rotatable bonds is 8. The Morgan fingerprint density at radius 1 is 1.15 bits per heavy atom. The number of hydrogen-bond donors (Lipinski definition) is 3. The van der Waals surface area contributed by atoms with E-state index in [1.807, 2.05) is 11.5 Å². The molecule has 8 rings (SSSR count). The highest BCUT2D eigenvalue weighted by Gasteiger charge is 2.46. The van der Waals surface area contributed by atoms with E-state index < -0.39 is 11.4 Å². The molecular weight excluding hydrogens is 585 g/mol. The van der Waals surface area contributed by atoms with Crippen LogP contribution in [0.15, 0.2) is 30.6 Å². The lowest BCUT2D eigenvalue weighted by molar-refractivity contribution is -0.0237. The molecule has 4 aliphatic rings. The lowest BCUT2D eigenvalue weighted by Crippen LogP contribution is -2.51. The highest BCUT2D eigenvalue weighted by atomic mass is 19.1. The first-order valence-corrected chi connectivity index (χ1v) is 16.4. The number of likely N-dealkylation sites (tertiary alicyclic amines) is 1. The number of benzene rings is 2. The van der Waals surface area contributed by atoms with Gasteiger partial charge in [0, 0.05) is 49.1 Å². The summed E-state index contributed by atoms with van der Waals surface area (Å²) < 4.78 is 23.3. The number of imidazole rings is 1. The maximum Gasteiger partial charge on any atom is 0.247 e. The normalized spacial score (nSPS) is 25.7. The van der Waals surface area contributed by atoms with Gasteiger partial charge in [-0.2, -0.15) is 9.97 Å². The van der Waals surface area contributed by atoms with E-state index >= 15 is 0 Å². The average molecular weight is 626 g/mol. The third-order valence-corrected chi connectivity index (χ3v) is 10.3. The van der Waals surface area contributed by atoms with Crippen LogP contribution < -0.4 is 15.0 Å². The minimum atomic E-state index is -0.647. The summed E-state index contributed by atoms with van der Waals surface area (Å²) in [7, 11) is 0. The lowest BCUT2D eigenvalue weighted by Gasteiger charge is -2.38. The van der Waals surface area contributed by atoms with Gasteiger partial charge in [-0.1, -0.05) is 12.0 Å². The van der Waals surface area contributed by atoms with Crippen molar-refractivity contribution in [2.45, 2.75) is 69.7 Å². The number of aromatic nitrogens is 4. The van der Waals surface area contributed by atoms with E-state index in [2.05, 4.69) is 21.0 Å². The van der Waals surface area contributed by atoms with Gasteiger partial charge < -0.3 is 29.7 Å². The highest BCUT2D eigenvalue weighted by Crippen LogP contribution is 2.47. The van der Waals surface area contributed by atoms with Crippen molar-refractivity contribution in [3.8, 4) is 24.0 Å². The molecule has 1 unspecified atom stereocenters. The number of hydrogen-bond acceptors (Lipinski definition) is 9. The molecule has 4 fully saturated rings. The van der Waals surface area contributed by atoms with Crippen molar-refractivity contribution >= 4 is 27.9 Å². The van der Waals surface area contributed by atoms with Crippen LogP contribution in [0.3, 0.4) is 0 Å². The highest BCUT2D eigenvalue weighted by molar-refractivity contribution is 5.92. The standard InChI is InChI=1S/C35H40FN7O3/c1-3-27-28(36)8-5-22-13-26(44)14-23(29(22)27)15-43-21-37-30-31(43)39-33(42-16-24-6-7-25(17-42)38-24)40-32(30)46-20-35(10-11-35)19-41-12-4-9-34(2,45)18-41/h1,5,8,13-14,21,24-25,38,44-45H,4,6-7,9-12,15-20H2,2H3/t24-,25+,34?. The van der Waals surface area contributed by atoms with Crippen LogP contribution in [0, 0.1) is 23.6 Å². The first-order chi connectivity index (χ1) is 22.2. The molecule has 1 aliphatic carbocycles. The summed E-state index contributed by atoms with van der Waals surface area (Å²) >= 11 is 0. The summed E-state index contributed by atoms with van der Waals surface area (Å²) in [4.78, 5) is 19.3. The number of phenols is 1. The monoisotopic (exact) mass is 625 g/mol. The van der Waals surface area contributed by atoms with Crippen LogP contribution in [0.2, 0.25) is 0 Å². The fourth-order valence-electron chi connectivity index (χ4n) is 7.86. The number of nitrogens with zero attached hydrogens (tertiary/aromatic N) is 6. The first kappa shape index (κ1) is 29.4. The van der Waals surface area contributed by atoms with E-state index in [9.17, 15) is 14.6 Å². The van der Waals surface area contributed by atoms with Gasteiger partial charge in [0.05, 0.1) is 30.6 Å². The molecule has 2 bridgehead atoms. The second-order valence-corrected chi connectivity index (χ2v) is 14.3. The van der Waals surface area contributed by atoms with Crippen LogP contribution in [-0.4, -0.2) is 91.6 Å². The first-order valence-electron chi connectivity index (χ1n) is 16.4. The van der Waals surface area contributed by atoms with E-state index in [1.165, 1.54) is 6.07 Å². The quantitative estimate of drug-likeness (QED) is 0.252. The summed E-state index contributed by atoms with van der Waals surface area (Å²) in [6.45, 7) is 6.90. The Balaban J connectivity index is 1.14. The third-order valence-electron chi connectivity index (χ3n) is 10.3. The number of nitrogens with one attached hydrogen (secondary N) is 1. The molecule has 0 amide bonds. The SMILES string of the molecule is C#Cc1c(F)ccc2cc(O)cc(Cn3cnc4c(OCC5(CN6CCCC(C)(O)C6)CC5)nc(N5C[C@H]6CC[C@@H](C5)N6)nc43)c12. The Morgan fingerprint density at radius 3 is 2.70 bits per heavy atom. The molecular formula is C35H40FN7O3. The van der Waals surface area contributed by atoms with Crippen molar-refractivity contribution in [3.05, 3.63) is 47.5 Å². The van der Waals surface area contributed by atoms with Crippen LogP contribution in [0.25, 0.3) is 21.9 Å². The van der Waals surface area contributed by atoms with E-state index in [4.69, 9.17) is 26.1 Å². The second kappa shape index (κ2) is 11.1. The van der Waals surface area contributed by atoms with Crippen LogP contribution in [-0.2, 0) is 6.54 Å². The maximum absolute atomic E-state index is 14.8. The number of piperazine rings is 1. The van der Waals surface area contributed by atoms with Crippen molar-refractivity contribution in [2.24, 2.45) is 5.41 Å². The van der Waals surface area contributed by atoms with Crippen molar-refractivity contribution in [3.63, 3.8) is 0 Å². The summed E-state index contributed by atoms with van der Waals surface area (Å²) in [6.07, 6.45) is 13.7. The third kappa shape index (κ3) is 5.52. The lowest BCUT2D eigenvalue weighted by atomic mass is 9.94. The summed E-state index contributed by atoms with van der Waals surface area (Å²) in [5, 5.41) is 26.1. The molecule has 5 heterocycles. The molecule has 3 aliphatic heterocycles. The molecule has 0 radical (unpaired) electrons. The Labute approximate surface area is 267 Å². The Kier molecular flexibility index (Phi) is 7.08. The van der Waals surface area contributed by atoms with E-state index in [1.54, 1.807) is 24.5 Å². The molecule has 2 aromatic carbocycles. The number of fused-ring (bicyclic) bond motifs is 4. The van der Waals surface area contributed by atoms with Crippen LogP contribution >= 0.6 is 0 Å². The van der Waals surface area contributed by atoms with Gasteiger partial charge in [-0.15, -0.1) is 6.42 Å². The van der Waals surface area contributed by atoms with Gasteiger partial charge in [0.15, 0.2) is 11.2 Å². The van der Waals surface area contributed by atoms with Gasteiger partial charge >= 0.3 is 0 Å². The number of anilines is 1. The Bertz CT molecular complexity index is 1850. The summed E-state index contributed by atoms with van der Waals surface area (Å²) in [5.74, 6) is 3.16. The predicted molar refractivity (Wildman–Crippen MR) is 174 cm³/mol. The fourth-order valence-corrected chi connectivity index (χ4v) is 7.86.